The molecule has 0 aliphatic carbocycles. The highest BCUT2D eigenvalue weighted by Gasteiger charge is 2.17. The van der Waals surface area contributed by atoms with E-state index in [1.807, 2.05) is 24.3 Å². The van der Waals surface area contributed by atoms with Crippen molar-refractivity contribution >= 4 is 5.78 Å². The number of carbonyl (C=O) groups is 1. The van der Waals surface area contributed by atoms with Crippen LogP contribution in [0.25, 0.3) is 0 Å². The fourth-order valence-electron chi connectivity index (χ4n) is 3.74. The third-order valence-electron chi connectivity index (χ3n) is 5.51. The van der Waals surface area contributed by atoms with Gasteiger partial charge in [-0.1, -0.05) is 89.0 Å². The van der Waals surface area contributed by atoms with E-state index < -0.39 is 0 Å². The predicted octanol–water partition coefficient (Wildman–Crippen LogP) is 7.10. The summed E-state index contributed by atoms with van der Waals surface area (Å²) < 4.78 is 5.11. The zero-order chi connectivity index (χ0) is 20.9. The average Bonchev–Trinajstić information content (AvgIpc) is 2.74. The number of phenolic OH excluding ortho intramolecular Hbond substituents is 1. The number of unbranched alkanes of at least 4 members (excludes halogenated alkanes) is 9. The van der Waals surface area contributed by atoms with Crippen molar-refractivity contribution in [1.29, 1.82) is 0 Å². The Morgan fingerprint density at radius 2 is 1.45 bits per heavy atom. The van der Waals surface area contributed by atoms with Crippen molar-refractivity contribution in [3.05, 3.63) is 59.2 Å². The van der Waals surface area contributed by atoms with Crippen molar-refractivity contribution < 1.29 is 14.6 Å². The van der Waals surface area contributed by atoms with Crippen LogP contribution in [0, 0.1) is 0 Å². The molecule has 29 heavy (non-hydrogen) atoms. The molecule has 0 saturated heterocycles. The Kier molecular flexibility index (Phi) is 10.3. The maximum atomic E-state index is 13.0. The first-order chi connectivity index (χ1) is 14.2. The monoisotopic (exact) mass is 396 g/mol. The van der Waals surface area contributed by atoms with Gasteiger partial charge in [0.25, 0.3) is 0 Å². The molecule has 0 spiro atoms. The molecule has 1 N–H and O–H groups in total. The first kappa shape index (κ1) is 23.0. The Hall–Kier alpha value is -2.29. The second-order valence-electron chi connectivity index (χ2n) is 7.80. The van der Waals surface area contributed by atoms with Gasteiger partial charge in [-0.3, -0.25) is 4.79 Å². The molecular weight excluding hydrogens is 360 g/mol. The second-order valence-corrected chi connectivity index (χ2v) is 7.80. The van der Waals surface area contributed by atoms with Gasteiger partial charge in [0.05, 0.1) is 12.7 Å². The lowest BCUT2D eigenvalue weighted by Gasteiger charge is -2.11. The SMILES string of the molecule is CCCCCCCCCCCCc1ccccc1C(=O)c1ccc(OC)cc1O. The van der Waals surface area contributed by atoms with E-state index in [-0.39, 0.29) is 11.5 Å². The molecule has 0 unspecified atom stereocenters. The van der Waals surface area contributed by atoms with Crippen molar-refractivity contribution in [2.24, 2.45) is 0 Å². The fraction of sp³-hybridized carbons (Fsp3) is 0.500. The number of hydrogen-bond donors (Lipinski definition) is 1. The molecular formula is C26H36O3. The summed E-state index contributed by atoms with van der Waals surface area (Å²) in [7, 11) is 1.54. The Morgan fingerprint density at radius 1 is 0.828 bits per heavy atom. The summed E-state index contributed by atoms with van der Waals surface area (Å²) in [5.74, 6) is 0.369. The number of rotatable bonds is 14. The van der Waals surface area contributed by atoms with Gasteiger partial charge in [-0.15, -0.1) is 0 Å². The van der Waals surface area contributed by atoms with Gasteiger partial charge in [-0.05, 0) is 30.5 Å². The number of phenols is 1. The van der Waals surface area contributed by atoms with Gasteiger partial charge in [0, 0.05) is 11.6 Å². The van der Waals surface area contributed by atoms with Crippen LogP contribution in [-0.4, -0.2) is 18.0 Å². The van der Waals surface area contributed by atoms with E-state index in [2.05, 4.69) is 6.92 Å². The van der Waals surface area contributed by atoms with Crippen LogP contribution in [0.4, 0.5) is 0 Å². The molecule has 0 amide bonds. The number of methoxy groups -OCH3 is 1. The molecule has 0 heterocycles. The quantitative estimate of drug-likeness (QED) is 0.274. The lowest BCUT2D eigenvalue weighted by molar-refractivity contribution is 0.103. The van der Waals surface area contributed by atoms with E-state index in [9.17, 15) is 9.90 Å². The zero-order valence-corrected chi connectivity index (χ0v) is 18.1. The minimum absolute atomic E-state index is 0.0388. The molecule has 158 valence electrons. The van der Waals surface area contributed by atoms with E-state index in [1.54, 1.807) is 12.1 Å². The van der Waals surface area contributed by atoms with Crippen molar-refractivity contribution in [3.63, 3.8) is 0 Å². The van der Waals surface area contributed by atoms with E-state index in [0.29, 0.717) is 16.9 Å². The number of carbonyl (C=O) groups excluding carboxylic acids is 1. The number of ketones is 1. The number of benzene rings is 2. The van der Waals surface area contributed by atoms with Crippen LogP contribution in [0.2, 0.25) is 0 Å². The van der Waals surface area contributed by atoms with Crippen molar-refractivity contribution in [2.75, 3.05) is 7.11 Å². The number of aromatic hydroxyl groups is 1. The highest BCUT2D eigenvalue weighted by molar-refractivity contribution is 6.11. The Bertz CT molecular complexity index is 751. The molecule has 0 radical (unpaired) electrons. The number of aryl methyl sites for hydroxylation is 1. The second kappa shape index (κ2) is 13.0. The maximum Gasteiger partial charge on any atom is 0.197 e. The third-order valence-corrected chi connectivity index (χ3v) is 5.51. The summed E-state index contributed by atoms with van der Waals surface area (Å²) in [4.78, 5) is 13.0. The number of ether oxygens (including phenoxy) is 1. The smallest absolute Gasteiger partial charge is 0.197 e. The van der Waals surface area contributed by atoms with Gasteiger partial charge in [0.15, 0.2) is 5.78 Å². The van der Waals surface area contributed by atoms with Crippen LogP contribution in [-0.2, 0) is 6.42 Å². The summed E-state index contributed by atoms with van der Waals surface area (Å²) in [6.45, 7) is 2.26. The molecule has 2 aromatic rings. The van der Waals surface area contributed by atoms with E-state index in [0.717, 1.165) is 18.4 Å². The lowest BCUT2D eigenvalue weighted by Crippen LogP contribution is -2.06. The minimum atomic E-state index is -0.132. The van der Waals surface area contributed by atoms with Crippen LogP contribution >= 0.6 is 0 Å². The largest absolute Gasteiger partial charge is 0.507 e. The molecule has 3 heteroatoms. The first-order valence-electron chi connectivity index (χ1n) is 11.2. The topological polar surface area (TPSA) is 46.5 Å². The minimum Gasteiger partial charge on any atom is -0.507 e. The van der Waals surface area contributed by atoms with Crippen LogP contribution in [0.3, 0.4) is 0 Å². The summed E-state index contributed by atoms with van der Waals surface area (Å²) in [6, 6.07) is 12.6. The highest BCUT2D eigenvalue weighted by atomic mass is 16.5. The Balaban J connectivity index is 1.82. The van der Waals surface area contributed by atoms with Gasteiger partial charge in [0.2, 0.25) is 0 Å². The summed E-state index contributed by atoms with van der Waals surface area (Å²) in [5, 5.41) is 10.2. The van der Waals surface area contributed by atoms with E-state index in [4.69, 9.17) is 4.74 Å². The first-order valence-corrected chi connectivity index (χ1v) is 11.2. The normalized spacial score (nSPS) is 10.8. The molecule has 2 aromatic carbocycles. The van der Waals surface area contributed by atoms with Crippen LogP contribution in [0.5, 0.6) is 11.5 Å². The predicted molar refractivity (Wildman–Crippen MR) is 120 cm³/mol. The molecule has 0 saturated carbocycles. The molecule has 0 aliphatic heterocycles. The van der Waals surface area contributed by atoms with Crippen LogP contribution in [0.1, 0.15) is 92.6 Å². The lowest BCUT2D eigenvalue weighted by atomic mass is 9.94. The number of hydrogen-bond acceptors (Lipinski definition) is 3. The maximum absolute atomic E-state index is 13.0. The van der Waals surface area contributed by atoms with Gasteiger partial charge >= 0.3 is 0 Å². The van der Waals surface area contributed by atoms with Crippen LogP contribution < -0.4 is 4.74 Å². The molecule has 0 bridgehead atoms. The fourth-order valence-corrected chi connectivity index (χ4v) is 3.74. The van der Waals surface area contributed by atoms with E-state index >= 15 is 0 Å². The van der Waals surface area contributed by atoms with Gasteiger partial charge in [-0.2, -0.15) is 0 Å². The molecule has 0 aromatic heterocycles. The summed E-state index contributed by atoms with van der Waals surface area (Å²) in [6.07, 6.45) is 13.9. The van der Waals surface area contributed by atoms with Gasteiger partial charge < -0.3 is 9.84 Å². The molecule has 0 aliphatic rings. The summed E-state index contributed by atoms with van der Waals surface area (Å²) in [5.41, 5.74) is 2.07. The average molecular weight is 397 g/mol. The summed E-state index contributed by atoms with van der Waals surface area (Å²) >= 11 is 0. The van der Waals surface area contributed by atoms with Crippen molar-refractivity contribution in [1.82, 2.24) is 0 Å². The molecule has 3 nitrogen and oxygen atoms in total. The van der Waals surface area contributed by atoms with E-state index in [1.165, 1.54) is 71.0 Å². The molecule has 0 atom stereocenters. The standard InChI is InChI=1S/C26H36O3/c1-3-4-5-6-7-8-9-10-11-12-15-21-16-13-14-17-23(21)26(28)24-19-18-22(29-2)20-25(24)27/h13-14,16-20,27H,3-12,15H2,1-2H3. The van der Waals surface area contributed by atoms with Crippen molar-refractivity contribution in [3.8, 4) is 11.5 Å². The Morgan fingerprint density at radius 3 is 2.07 bits per heavy atom. The molecule has 2 rings (SSSR count). The third kappa shape index (κ3) is 7.56. The van der Waals surface area contributed by atoms with Gasteiger partial charge in [-0.25, -0.2) is 0 Å². The molecule has 0 fully saturated rings. The van der Waals surface area contributed by atoms with Crippen molar-refractivity contribution in [2.45, 2.75) is 77.6 Å². The van der Waals surface area contributed by atoms with Crippen LogP contribution in [0.15, 0.2) is 42.5 Å². The zero-order valence-electron chi connectivity index (χ0n) is 18.1. The highest BCUT2D eigenvalue weighted by Crippen LogP contribution is 2.27. The van der Waals surface area contributed by atoms with Gasteiger partial charge in [0.1, 0.15) is 11.5 Å². The Labute approximate surface area is 176 Å².